The maximum atomic E-state index is 12.2. The van der Waals surface area contributed by atoms with Crippen molar-refractivity contribution < 1.29 is 9.21 Å². The summed E-state index contributed by atoms with van der Waals surface area (Å²) in [6, 6.07) is 5.17. The molecule has 1 aliphatic rings. The van der Waals surface area contributed by atoms with Gasteiger partial charge in [-0.25, -0.2) is 4.98 Å². The molecule has 0 radical (unpaired) electrons. The number of nitrogens with two attached hydrogens (primary N) is 1. The van der Waals surface area contributed by atoms with Gasteiger partial charge < -0.3 is 15.5 Å². The van der Waals surface area contributed by atoms with Crippen LogP contribution in [0, 0.1) is 5.92 Å². The Balaban J connectivity index is 0.00000182. The summed E-state index contributed by atoms with van der Waals surface area (Å²) in [5.74, 6) is 1.50. The van der Waals surface area contributed by atoms with Crippen molar-refractivity contribution in [3.63, 3.8) is 0 Å². The molecule has 0 saturated heterocycles. The van der Waals surface area contributed by atoms with E-state index in [1.54, 1.807) is 24.4 Å². The maximum absolute atomic E-state index is 12.2. The van der Waals surface area contributed by atoms with E-state index >= 15 is 0 Å². The largest absolute Gasteiger partial charge is 0.441 e. The summed E-state index contributed by atoms with van der Waals surface area (Å²) in [6.07, 6.45) is 4.58. The van der Waals surface area contributed by atoms with Crippen LogP contribution in [0.5, 0.6) is 0 Å². The number of benzene rings is 1. The van der Waals surface area contributed by atoms with Crippen molar-refractivity contribution in [2.75, 3.05) is 6.54 Å². The lowest BCUT2D eigenvalue weighted by Crippen LogP contribution is -2.53. The molecule has 27 heavy (non-hydrogen) atoms. The smallest absolute Gasteiger partial charge is 0.220 e. The highest BCUT2D eigenvalue weighted by Crippen LogP contribution is 2.39. The summed E-state index contributed by atoms with van der Waals surface area (Å²) in [7, 11) is 0. The third-order valence-electron chi connectivity index (χ3n) is 4.64. The lowest BCUT2D eigenvalue weighted by Gasteiger charge is -2.29. The molecular formula is C18H23Cl4N3O2. The van der Waals surface area contributed by atoms with Gasteiger partial charge in [-0.1, -0.05) is 23.2 Å². The zero-order chi connectivity index (χ0) is 18.0. The SMILES string of the molecule is CC(CN)(NC(=O)CCc1ncc(-c2ccc(Cl)cc2Cl)o1)C1CC1.Cl.Cl. The summed E-state index contributed by atoms with van der Waals surface area (Å²) in [5, 5.41) is 4.12. The van der Waals surface area contributed by atoms with Crippen LogP contribution in [0.15, 0.2) is 28.8 Å². The maximum Gasteiger partial charge on any atom is 0.220 e. The van der Waals surface area contributed by atoms with Crippen LogP contribution in [0.3, 0.4) is 0 Å². The lowest BCUT2D eigenvalue weighted by atomic mass is 9.95. The van der Waals surface area contributed by atoms with E-state index in [2.05, 4.69) is 10.3 Å². The van der Waals surface area contributed by atoms with Gasteiger partial charge in [-0.05, 0) is 43.9 Å². The highest BCUT2D eigenvalue weighted by molar-refractivity contribution is 6.36. The van der Waals surface area contributed by atoms with Crippen LogP contribution < -0.4 is 11.1 Å². The average molecular weight is 455 g/mol. The van der Waals surface area contributed by atoms with Crippen LogP contribution in [0.2, 0.25) is 10.0 Å². The second-order valence-corrected chi connectivity index (χ2v) is 7.53. The first kappa shape index (κ1) is 24.1. The minimum Gasteiger partial charge on any atom is -0.441 e. The summed E-state index contributed by atoms with van der Waals surface area (Å²) in [6.45, 7) is 2.45. The molecule has 3 N–H and O–H groups in total. The van der Waals surface area contributed by atoms with Crippen molar-refractivity contribution in [1.82, 2.24) is 10.3 Å². The molecule has 1 fully saturated rings. The van der Waals surface area contributed by atoms with Crippen LogP contribution in [0.25, 0.3) is 11.3 Å². The van der Waals surface area contributed by atoms with Crippen LogP contribution in [-0.4, -0.2) is 23.0 Å². The molecule has 3 rings (SSSR count). The number of aromatic nitrogens is 1. The third-order valence-corrected chi connectivity index (χ3v) is 5.19. The molecular weight excluding hydrogens is 432 g/mol. The van der Waals surface area contributed by atoms with E-state index in [4.69, 9.17) is 33.4 Å². The van der Waals surface area contributed by atoms with Crippen molar-refractivity contribution in [3.8, 4) is 11.3 Å². The minimum atomic E-state index is -0.310. The number of nitrogens with zero attached hydrogens (tertiary/aromatic N) is 1. The van der Waals surface area contributed by atoms with Gasteiger partial charge in [0, 0.05) is 30.0 Å². The number of hydrogen-bond donors (Lipinski definition) is 2. The molecule has 9 heteroatoms. The van der Waals surface area contributed by atoms with Gasteiger partial charge in [0.1, 0.15) is 0 Å². The van der Waals surface area contributed by atoms with Crippen LogP contribution in [0.1, 0.15) is 32.1 Å². The van der Waals surface area contributed by atoms with Gasteiger partial charge in [-0.3, -0.25) is 4.79 Å². The minimum absolute atomic E-state index is 0. The zero-order valence-corrected chi connectivity index (χ0v) is 18.0. The Labute approximate surface area is 181 Å². The summed E-state index contributed by atoms with van der Waals surface area (Å²) in [5.41, 5.74) is 6.24. The van der Waals surface area contributed by atoms with E-state index in [1.165, 1.54) is 0 Å². The predicted molar refractivity (Wildman–Crippen MR) is 113 cm³/mol. The molecule has 1 saturated carbocycles. The van der Waals surface area contributed by atoms with Crippen molar-refractivity contribution in [2.45, 2.75) is 38.1 Å². The molecule has 1 atom stereocenters. The van der Waals surface area contributed by atoms with Crippen molar-refractivity contribution in [1.29, 1.82) is 0 Å². The third kappa shape index (κ3) is 6.00. The van der Waals surface area contributed by atoms with Gasteiger partial charge >= 0.3 is 0 Å². The van der Waals surface area contributed by atoms with E-state index in [0.717, 1.165) is 18.4 Å². The predicted octanol–water partition coefficient (Wildman–Crippen LogP) is 4.67. The molecule has 150 valence electrons. The molecule has 0 aliphatic heterocycles. The second kappa shape index (κ2) is 9.99. The topological polar surface area (TPSA) is 81.1 Å². The quantitative estimate of drug-likeness (QED) is 0.636. The average Bonchev–Trinajstić information content (AvgIpc) is 3.33. The van der Waals surface area contributed by atoms with Crippen LogP contribution >= 0.6 is 48.0 Å². The van der Waals surface area contributed by atoms with E-state index in [9.17, 15) is 4.79 Å². The number of hydrogen-bond acceptors (Lipinski definition) is 4. The molecule has 0 spiro atoms. The standard InChI is InChI=1S/C18H21Cl2N3O2.2ClH/c1-18(10-21,11-2-3-11)23-16(24)6-7-17-22-9-15(25-17)13-5-4-12(19)8-14(13)20;;/h4-5,8-9,11H,2-3,6-7,10,21H2,1H3,(H,23,24);2*1H. The fourth-order valence-electron chi connectivity index (χ4n) is 2.88. The number of aryl methyl sites for hydroxylation is 1. The van der Waals surface area contributed by atoms with Crippen molar-refractivity contribution in [2.24, 2.45) is 11.7 Å². The molecule has 2 aromatic rings. The number of oxazole rings is 1. The summed E-state index contributed by atoms with van der Waals surface area (Å²) >= 11 is 12.1. The van der Waals surface area contributed by atoms with E-state index < -0.39 is 0 Å². The molecule has 5 nitrogen and oxygen atoms in total. The fraction of sp³-hybridized carbons (Fsp3) is 0.444. The number of nitrogens with one attached hydrogen (secondary N) is 1. The molecule has 1 aromatic carbocycles. The molecule has 1 aromatic heterocycles. The second-order valence-electron chi connectivity index (χ2n) is 6.69. The highest BCUT2D eigenvalue weighted by Gasteiger charge is 2.41. The first-order chi connectivity index (χ1) is 11.9. The normalized spacial score (nSPS) is 15.3. The van der Waals surface area contributed by atoms with Crippen LogP contribution in [0.4, 0.5) is 0 Å². The lowest BCUT2D eigenvalue weighted by molar-refractivity contribution is -0.123. The van der Waals surface area contributed by atoms with E-state index in [0.29, 0.717) is 47.0 Å². The van der Waals surface area contributed by atoms with Gasteiger partial charge in [-0.15, -0.1) is 24.8 Å². The van der Waals surface area contributed by atoms with Crippen molar-refractivity contribution >= 4 is 53.9 Å². The Morgan fingerprint density at radius 1 is 1.37 bits per heavy atom. The number of halogens is 4. The molecule has 1 heterocycles. The van der Waals surface area contributed by atoms with Gasteiger partial charge in [0.15, 0.2) is 11.7 Å². The van der Waals surface area contributed by atoms with Gasteiger partial charge in [0.25, 0.3) is 0 Å². The first-order valence-corrected chi connectivity index (χ1v) is 9.08. The zero-order valence-electron chi connectivity index (χ0n) is 14.8. The molecule has 0 bridgehead atoms. The van der Waals surface area contributed by atoms with Gasteiger partial charge in [0.2, 0.25) is 5.91 Å². The van der Waals surface area contributed by atoms with Crippen molar-refractivity contribution in [3.05, 3.63) is 40.3 Å². The molecule has 1 aliphatic carbocycles. The number of amides is 1. The Morgan fingerprint density at radius 3 is 2.67 bits per heavy atom. The first-order valence-electron chi connectivity index (χ1n) is 8.32. The summed E-state index contributed by atoms with van der Waals surface area (Å²) < 4.78 is 5.71. The Kier molecular flexibility index (Phi) is 8.90. The summed E-state index contributed by atoms with van der Waals surface area (Å²) in [4.78, 5) is 16.4. The highest BCUT2D eigenvalue weighted by atomic mass is 35.5. The monoisotopic (exact) mass is 453 g/mol. The molecule has 1 unspecified atom stereocenters. The van der Waals surface area contributed by atoms with E-state index in [1.807, 2.05) is 6.92 Å². The van der Waals surface area contributed by atoms with E-state index in [-0.39, 0.29) is 36.3 Å². The molecule has 1 amide bonds. The number of carbonyl (C=O) groups is 1. The van der Waals surface area contributed by atoms with Gasteiger partial charge in [0.05, 0.1) is 16.8 Å². The van der Waals surface area contributed by atoms with Gasteiger partial charge in [-0.2, -0.15) is 0 Å². The Morgan fingerprint density at radius 2 is 2.07 bits per heavy atom. The number of rotatable bonds is 7. The fourth-order valence-corrected chi connectivity index (χ4v) is 3.38. The number of carbonyl (C=O) groups excluding carboxylic acids is 1. The Hall–Kier alpha value is -0.980. The van der Waals surface area contributed by atoms with Crippen LogP contribution in [-0.2, 0) is 11.2 Å². The Bertz CT molecular complexity index is 780.